The Labute approximate surface area is 257 Å². The van der Waals surface area contributed by atoms with E-state index in [0.29, 0.717) is 5.92 Å². The summed E-state index contributed by atoms with van der Waals surface area (Å²) in [6.07, 6.45) is 6.79. The van der Waals surface area contributed by atoms with E-state index in [-0.39, 0.29) is 43.5 Å². The Kier molecular flexibility index (Phi) is 13.0. The molecule has 0 bridgehead atoms. The molecule has 40 heavy (non-hydrogen) atoms. The molecule has 1 N–H and O–H groups in total. The van der Waals surface area contributed by atoms with Gasteiger partial charge in [0, 0.05) is 38.0 Å². The number of fused-ring (bicyclic) bond motifs is 2. The Morgan fingerprint density at radius 3 is 2.23 bits per heavy atom. The minimum atomic E-state index is -2.23. The van der Waals surface area contributed by atoms with Crippen LogP contribution in [0.3, 0.4) is 0 Å². The van der Waals surface area contributed by atoms with Crippen molar-refractivity contribution in [2.45, 2.75) is 84.7 Å². The van der Waals surface area contributed by atoms with Gasteiger partial charge in [-0.2, -0.15) is 0 Å². The number of hydrogen-bond donors (Lipinski definition) is 1. The summed E-state index contributed by atoms with van der Waals surface area (Å²) >= 11 is -2.23. The van der Waals surface area contributed by atoms with Gasteiger partial charge in [0.1, 0.15) is 0 Å². The van der Waals surface area contributed by atoms with Crippen LogP contribution >= 0.6 is 0 Å². The van der Waals surface area contributed by atoms with Crippen LogP contribution in [0, 0.1) is 17.9 Å². The molecule has 0 unspecified atom stereocenters. The molecule has 4 rings (SSSR count). The van der Waals surface area contributed by atoms with Crippen molar-refractivity contribution in [1.29, 1.82) is 0 Å². The largest absolute Gasteiger partial charge is 0.512 e. The van der Waals surface area contributed by atoms with E-state index < -0.39 is 13.3 Å². The first-order chi connectivity index (χ1) is 18.6. The van der Waals surface area contributed by atoms with E-state index in [4.69, 9.17) is 4.98 Å². The number of carbonyl (C=O) groups excluding carboxylic acids is 1. The zero-order valence-corrected chi connectivity index (χ0v) is 29.8. The molecular weight excluding hydrogens is 733 g/mol. The summed E-state index contributed by atoms with van der Waals surface area (Å²) in [5, 5.41) is 14.4. The minimum absolute atomic E-state index is 0. The number of carbonyl (C=O) groups is 1. The number of benzene rings is 2. The molecular formula is C34H45GeIrN2O2-. The van der Waals surface area contributed by atoms with Crippen molar-refractivity contribution in [2.24, 2.45) is 16.8 Å². The fourth-order valence-corrected chi connectivity index (χ4v) is 9.97. The molecule has 1 aliphatic rings. The van der Waals surface area contributed by atoms with E-state index in [0.717, 1.165) is 42.6 Å². The third kappa shape index (κ3) is 7.80. The van der Waals surface area contributed by atoms with E-state index in [1.54, 1.807) is 0 Å². The molecule has 0 amide bonds. The summed E-state index contributed by atoms with van der Waals surface area (Å²) in [6.45, 7) is 12.6. The number of allylic oxidation sites excluding steroid dienone is 2. The fourth-order valence-electron chi connectivity index (χ4n) is 5.34. The second-order valence-electron chi connectivity index (χ2n) is 11.4. The Bertz CT molecular complexity index is 1360. The van der Waals surface area contributed by atoms with Crippen molar-refractivity contribution in [3.8, 4) is 11.3 Å². The van der Waals surface area contributed by atoms with Crippen LogP contribution in [0.4, 0.5) is 5.69 Å². The van der Waals surface area contributed by atoms with Gasteiger partial charge in [-0.3, -0.25) is 4.79 Å². The standard InChI is InChI=1S/C21H21GeN2.C13H24O2.Ir/c1-14(2)18-12-16(11-15-7-5-6-8-17(15)18)21-20-19(9-10-23-21)24-13-22(20,3)4;1-5-10(6-2)12(14)9-13(15)11(7-3)8-4;/h5-10,12-14H,1-4H3;9-11,14H,5-8H2,1-4H3;/q-1;;/b;12-9-;. The fraction of sp³-hybridized carbons (Fsp3) is 0.441. The number of hydrogen-bond acceptors (Lipinski definition) is 4. The number of rotatable bonds is 9. The molecule has 0 saturated heterocycles. The summed E-state index contributed by atoms with van der Waals surface area (Å²) in [5.41, 5.74) is 4.67. The average Bonchev–Trinajstić information content (AvgIpc) is 3.24. The molecule has 0 saturated carbocycles. The zero-order chi connectivity index (χ0) is 28.7. The summed E-state index contributed by atoms with van der Waals surface area (Å²) in [4.78, 5) is 21.1. The molecule has 3 aromatic rings. The van der Waals surface area contributed by atoms with Crippen molar-refractivity contribution < 1.29 is 30.0 Å². The van der Waals surface area contributed by atoms with E-state index in [9.17, 15) is 9.90 Å². The molecule has 2 heterocycles. The normalized spacial score (nSPS) is 13.8. The van der Waals surface area contributed by atoms with Crippen molar-refractivity contribution in [3.63, 3.8) is 0 Å². The number of aromatic nitrogens is 1. The minimum Gasteiger partial charge on any atom is -0.512 e. The molecule has 1 aliphatic heterocycles. The van der Waals surface area contributed by atoms with Crippen molar-refractivity contribution in [3.05, 3.63) is 66.1 Å². The smallest absolute Gasteiger partial charge is 0.162 e. The molecule has 1 aromatic heterocycles. The van der Waals surface area contributed by atoms with Gasteiger partial charge in [-0.1, -0.05) is 27.7 Å². The summed E-state index contributed by atoms with van der Waals surface area (Å²) in [7, 11) is 0. The molecule has 0 aliphatic carbocycles. The van der Waals surface area contributed by atoms with Gasteiger partial charge in [0.05, 0.1) is 5.76 Å². The molecule has 0 spiro atoms. The van der Waals surface area contributed by atoms with Gasteiger partial charge >= 0.3 is 146 Å². The third-order valence-corrected chi connectivity index (χ3v) is 13.2. The molecule has 1 radical (unpaired) electrons. The topological polar surface area (TPSA) is 62.5 Å². The first-order valence-electron chi connectivity index (χ1n) is 14.5. The maximum absolute atomic E-state index is 11.7. The van der Waals surface area contributed by atoms with Gasteiger partial charge in [-0.15, -0.1) is 0 Å². The van der Waals surface area contributed by atoms with Gasteiger partial charge in [-0.05, 0) is 25.7 Å². The SMILES string of the molecule is CC(C)c1cc(-c2nccc3[c]2[Ge]([CH3])([CH3])[CH]=N3)[c-]c2ccccc12.CCC(CC)C(=O)/C=C(\O)C(CC)CC.[Ir]. The van der Waals surface area contributed by atoms with Crippen molar-refractivity contribution >= 4 is 45.0 Å². The third-order valence-electron chi connectivity index (χ3n) is 7.87. The summed E-state index contributed by atoms with van der Waals surface area (Å²) in [5.74, 6) is 5.77. The van der Waals surface area contributed by atoms with Crippen LogP contribution in [0.2, 0.25) is 11.5 Å². The van der Waals surface area contributed by atoms with Gasteiger partial charge in [0.15, 0.2) is 5.78 Å². The van der Waals surface area contributed by atoms with Crippen LogP contribution in [0.15, 0.2) is 59.4 Å². The number of pyridine rings is 1. The van der Waals surface area contributed by atoms with Gasteiger partial charge in [0.2, 0.25) is 0 Å². The van der Waals surface area contributed by atoms with Crippen molar-refractivity contribution in [1.82, 2.24) is 4.98 Å². The molecule has 217 valence electrons. The summed E-state index contributed by atoms with van der Waals surface area (Å²) in [6, 6.07) is 16.5. The quantitative estimate of drug-likeness (QED) is 0.102. The monoisotopic (exact) mass is 780 g/mol. The molecule has 6 heteroatoms. The molecule has 4 nitrogen and oxygen atoms in total. The number of aliphatic imine (C=N–C) groups is 1. The van der Waals surface area contributed by atoms with E-state index in [1.807, 2.05) is 40.0 Å². The van der Waals surface area contributed by atoms with Crippen LogP contribution in [-0.4, -0.2) is 34.2 Å². The maximum Gasteiger partial charge on any atom is 0.162 e. The molecule has 0 fully saturated rings. The maximum atomic E-state index is 11.7. The van der Waals surface area contributed by atoms with Crippen LogP contribution in [0.1, 0.15) is 78.7 Å². The van der Waals surface area contributed by atoms with Crippen LogP contribution in [-0.2, 0) is 24.9 Å². The Balaban J connectivity index is 0.000000307. The molecule has 0 atom stereocenters. The van der Waals surface area contributed by atoms with Gasteiger partial charge < -0.3 is 5.11 Å². The van der Waals surface area contributed by atoms with E-state index >= 15 is 0 Å². The number of aliphatic hydroxyl groups excluding tert-OH is 1. The number of nitrogens with zero attached hydrogens (tertiary/aromatic N) is 2. The zero-order valence-electron chi connectivity index (χ0n) is 25.3. The van der Waals surface area contributed by atoms with E-state index in [2.05, 4.69) is 71.8 Å². The second-order valence-corrected chi connectivity index (χ2v) is 20.2. The first-order valence-corrected chi connectivity index (χ1v) is 21.0. The average molecular weight is 779 g/mol. The molecule has 2 aromatic carbocycles. The Hall–Kier alpha value is -2.08. The summed E-state index contributed by atoms with van der Waals surface area (Å²) < 4.78 is 1.39. The van der Waals surface area contributed by atoms with E-state index in [1.165, 1.54) is 26.8 Å². The van der Waals surface area contributed by atoms with Crippen LogP contribution in [0.5, 0.6) is 0 Å². The van der Waals surface area contributed by atoms with Gasteiger partial charge in [0.25, 0.3) is 0 Å². The van der Waals surface area contributed by atoms with Crippen LogP contribution in [0.25, 0.3) is 22.0 Å². The Morgan fingerprint density at radius 2 is 1.62 bits per heavy atom. The number of ketones is 1. The second kappa shape index (κ2) is 15.2. The Morgan fingerprint density at radius 1 is 1.00 bits per heavy atom. The van der Waals surface area contributed by atoms with Gasteiger partial charge in [-0.25, -0.2) is 0 Å². The van der Waals surface area contributed by atoms with Crippen molar-refractivity contribution in [2.75, 3.05) is 0 Å². The van der Waals surface area contributed by atoms with Crippen LogP contribution < -0.4 is 4.40 Å². The first kappa shape index (κ1) is 34.1. The predicted molar refractivity (Wildman–Crippen MR) is 169 cm³/mol. The predicted octanol–water partition coefficient (Wildman–Crippen LogP) is 8.86. The number of aliphatic hydroxyl groups is 1.